The lowest BCUT2D eigenvalue weighted by Gasteiger charge is -2.12. The van der Waals surface area contributed by atoms with Gasteiger partial charge in [0.15, 0.2) is 5.78 Å². The lowest BCUT2D eigenvalue weighted by molar-refractivity contribution is -0.141. The van der Waals surface area contributed by atoms with Crippen LogP contribution in [0.25, 0.3) is 0 Å². The number of carboxylic acid groups (broad SMARTS) is 1. The van der Waals surface area contributed by atoms with Crippen molar-refractivity contribution in [2.75, 3.05) is 0 Å². The van der Waals surface area contributed by atoms with Crippen molar-refractivity contribution in [1.82, 2.24) is 0 Å². The van der Waals surface area contributed by atoms with E-state index in [0.717, 1.165) is 17.5 Å². The summed E-state index contributed by atoms with van der Waals surface area (Å²) < 4.78 is 0. The van der Waals surface area contributed by atoms with E-state index in [1.165, 1.54) is 0 Å². The summed E-state index contributed by atoms with van der Waals surface area (Å²) in [5, 5.41) is 9.36. The van der Waals surface area contributed by atoms with Crippen molar-refractivity contribution in [1.29, 1.82) is 0 Å². The highest BCUT2D eigenvalue weighted by atomic mass is 16.4. The number of hydrogen-bond acceptors (Lipinski definition) is 2. The van der Waals surface area contributed by atoms with Gasteiger partial charge in [-0.05, 0) is 24.0 Å². The molecule has 114 valence electrons. The first kappa shape index (κ1) is 16.0. The van der Waals surface area contributed by atoms with Crippen molar-refractivity contribution < 1.29 is 14.7 Å². The standard InChI is InChI=1S/C19H20O3/c1-2-14-8-10-16(11-9-14)18(20)13-17(19(21)22)12-15-6-4-3-5-7-15/h3-11,17H,2,12-13H2,1H3,(H,21,22). The molecule has 1 unspecified atom stereocenters. The third-order valence-electron chi connectivity index (χ3n) is 3.79. The SMILES string of the molecule is CCc1ccc(C(=O)CC(Cc2ccccc2)C(=O)O)cc1. The van der Waals surface area contributed by atoms with Crippen LogP contribution in [0.1, 0.15) is 34.8 Å². The maximum absolute atomic E-state index is 12.3. The molecule has 0 bridgehead atoms. The first-order valence-electron chi connectivity index (χ1n) is 7.49. The summed E-state index contributed by atoms with van der Waals surface area (Å²) in [7, 11) is 0. The fourth-order valence-corrected chi connectivity index (χ4v) is 2.41. The molecule has 2 aromatic rings. The van der Waals surface area contributed by atoms with Crippen molar-refractivity contribution in [3.63, 3.8) is 0 Å². The molecule has 0 aliphatic heterocycles. The zero-order chi connectivity index (χ0) is 15.9. The minimum Gasteiger partial charge on any atom is -0.481 e. The van der Waals surface area contributed by atoms with Crippen LogP contribution < -0.4 is 0 Å². The molecule has 0 aliphatic carbocycles. The highest BCUT2D eigenvalue weighted by Crippen LogP contribution is 2.17. The van der Waals surface area contributed by atoms with E-state index in [2.05, 4.69) is 6.92 Å². The van der Waals surface area contributed by atoms with Crippen molar-refractivity contribution in [2.24, 2.45) is 5.92 Å². The number of hydrogen-bond donors (Lipinski definition) is 1. The van der Waals surface area contributed by atoms with E-state index in [1.807, 2.05) is 42.5 Å². The van der Waals surface area contributed by atoms with E-state index in [4.69, 9.17) is 0 Å². The van der Waals surface area contributed by atoms with Crippen LogP contribution >= 0.6 is 0 Å². The Bertz CT molecular complexity index is 629. The molecule has 1 atom stereocenters. The molecule has 0 radical (unpaired) electrons. The molecule has 0 aliphatic rings. The monoisotopic (exact) mass is 296 g/mol. The largest absolute Gasteiger partial charge is 0.481 e. The normalized spacial score (nSPS) is 11.9. The van der Waals surface area contributed by atoms with Gasteiger partial charge in [-0.25, -0.2) is 0 Å². The molecule has 3 nitrogen and oxygen atoms in total. The summed E-state index contributed by atoms with van der Waals surface area (Å²) in [5.74, 6) is -1.74. The van der Waals surface area contributed by atoms with E-state index in [-0.39, 0.29) is 12.2 Å². The van der Waals surface area contributed by atoms with Gasteiger partial charge in [0.2, 0.25) is 0 Å². The van der Waals surface area contributed by atoms with E-state index in [1.54, 1.807) is 12.1 Å². The van der Waals surface area contributed by atoms with Crippen molar-refractivity contribution in [3.05, 3.63) is 71.3 Å². The second kappa shape index (κ2) is 7.55. The van der Waals surface area contributed by atoms with Gasteiger partial charge in [-0.15, -0.1) is 0 Å². The molecule has 0 spiro atoms. The number of Topliss-reactive ketones (excluding diaryl/α,β-unsaturated/α-hetero) is 1. The summed E-state index contributed by atoms with van der Waals surface area (Å²) in [5.41, 5.74) is 2.68. The Kier molecular flexibility index (Phi) is 5.48. The highest BCUT2D eigenvalue weighted by Gasteiger charge is 2.22. The Morgan fingerprint density at radius 2 is 1.59 bits per heavy atom. The number of rotatable bonds is 7. The summed E-state index contributed by atoms with van der Waals surface area (Å²) in [6, 6.07) is 16.8. The fraction of sp³-hybridized carbons (Fsp3) is 0.263. The van der Waals surface area contributed by atoms with Crippen LogP contribution in [0.15, 0.2) is 54.6 Å². The quantitative estimate of drug-likeness (QED) is 0.791. The molecule has 2 rings (SSSR count). The number of benzene rings is 2. The number of aliphatic carboxylic acids is 1. The van der Waals surface area contributed by atoms with E-state index in [0.29, 0.717) is 12.0 Å². The predicted molar refractivity (Wildman–Crippen MR) is 86.0 cm³/mol. The number of aryl methyl sites for hydroxylation is 1. The van der Waals surface area contributed by atoms with Gasteiger partial charge in [0.25, 0.3) is 0 Å². The lowest BCUT2D eigenvalue weighted by atomic mass is 9.92. The van der Waals surface area contributed by atoms with Gasteiger partial charge in [0.1, 0.15) is 0 Å². The predicted octanol–water partition coefficient (Wildman–Crippen LogP) is 3.77. The summed E-state index contributed by atoms with van der Waals surface area (Å²) in [6.07, 6.45) is 1.31. The van der Waals surface area contributed by atoms with Crippen LogP contribution in [0.5, 0.6) is 0 Å². The van der Waals surface area contributed by atoms with Crippen molar-refractivity contribution >= 4 is 11.8 Å². The highest BCUT2D eigenvalue weighted by molar-refractivity contribution is 5.98. The second-order valence-electron chi connectivity index (χ2n) is 5.40. The molecule has 22 heavy (non-hydrogen) atoms. The first-order valence-corrected chi connectivity index (χ1v) is 7.49. The summed E-state index contributed by atoms with van der Waals surface area (Å²) >= 11 is 0. The minimum absolute atomic E-state index is 0.0235. The zero-order valence-corrected chi connectivity index (χ0v) is 12.7. The fourth-order valence-electron chi connectivity index (χ4n) is 2.41. The van der Waals surface area contributed by atoms with Gasteiger partial charge < -0.3 is 5.11 Å². The zero-order valence-electron chi connectivity index (χ0n) is 12.7. The molecule has 0 saturated carbocycles. The summed E-state index contributed by atoms with van der Waals surface area (Å²) in [4.78, 5) is 23.7. The first-order chi connectivity index (χ1) is 10.6. The smallest absolute Gasteiger partial charge is 0.307 e. The molecular formula is C19H20O3. The van der Waals surface area contributed by atoms with Gasteiger partial charge in [0, 0.05) is 12.0 Å². The van der Waals surface area contributed by atoms with Crippen LogP contribution in [0, 0.1) is 5.92 Å². The maximum Gasteiger partial charge on any atom is 0.307 e. The van der Waals surface area contributed by atoms with Crippen molar-refractivity contribution in [2.45, 2.75) is 26.2 Å². The lowest BCUT2D eigenvalue weighted by Crippen LogP contribution is -2.20. The molecule has 0 heterocycles. The maximum atomic E-state index is 12.3. The van der Waals surface area contributed by atoms with Gasteiger partial charge >= 0.3 is 5.97 Å². The Morgan fingerprint density at radius 3 is 2.14 bits per heavy atom. The van der Waals surface area contributed by atoms with E-state index >= 15 is 0 Å². The molecule has 0 saturated heterocycles. The topological polar surface area (TPSA) is 54.4 Å². The molecule has 0 amide bonds. The van der Waals surface area contributed by atoms with Gasteiger partial charge in [-0.1, -0.05) is 61.5 Å². The van der Waals surface area contributed by atoms with Gasteiger partial charge in [0.05, 0.1) is 5.92 Å². The van der Waals surface area contributed by atoms with Gasteiger partial charge in [-0.2, -0.15) is 0 Å². The van der Waals surface area contributed by atoms with Crippen LogP contribution in [-0.2, 0) is 17.6 Å². The molecule has 1 N–H and O–H groups in total. The second-order valence-corrected chi connectivity index (χ2v) is 5.40. The molecular weight excluding hydrogens is 276 g/mol. The minimum atomic E-state index is -0.928. The molecule has 3 heteroatoms. The third kappa shape index (κ3) is 4.29. The number of ketones is 1. The van der Waals surface area contributed by atoms with Crippen LogP contribution in [0.3, 0.4) is 0 Å². The number of carbonyl (C=O) groups is 2. The molecule has 0 aromatic heterocycles. The number of carbonyl (C=O) groups excluding carboxylic acids is 1. The van der Waals surface area contributed by atoms with Crippen LogP contribution in [-0.4, -0.2) is 16.9 Å². The van der Waals surface area contributed by atoms with Crippen LogP contribution in [0.4, 0.5) is 0 Å². The summed E-state index contributed by atoms with van der Waals surface area (Å²) in [6.45, 7) is 2.05. The Labute approximate surface area is 130 Å². The average molecular weight is 296 g/mol. The molecule has 2 aromatic carbocycles. The van der Waals surface area contributed by atoms with Crippen LogP contribution in [0.2, 0.25) is 0 Å². The van der Waals surface area contributed by atoms with E-state index in [9.17, 15) is 14.7 Å². The molecule has 0 fully saturated rings. The van der Waals surface area contributed by atoms with E-state index < -0.39 is 11.9 Å². The average Bonchev–Trinajstić information content (AvgIpc) is 2.55. The Hall–Kier alpha value is -2.42. The Balaban J connectivity index is 2.06. The van der Waals surface area contributed by atoms with Crippen molar-refractivity contribution in [3.8, 4) is 0 Å². The number of carboxylic acids is 1. The Morgan fingerprint density at radius 1 is 0.955 bits per heavy atom. The third-order valence-corrected chi connectivity index (χ3v) is 3.79. The van der Waals surface area contributed by atoms with Gasteiger partial charge in [-0.3, -0.25) is 9.59 Å².